The van der Waals surface area contributed by atoms with E-state index in [1.54, 1.807) is 19.5 Å². The van der Waals surface area contributed by atoms with Crippen LogP contribution in [0.4, 0.5) is 0 Å². The molecule has 0 aliphatic carbocycles. The molecule has 1 saturated heterocycles. The Morgan fingerprint density at radius 3 is 2.70 bits per heavy atom. The van der Waals surface area contributed by atoms with Gasteiger partial charge in [-0.05, 0) is 36.9 Å². The molecule has 0 bridgehead atoms. The second-order valence-corrected chi connectivity index (χ2v) is 5.81. The van der Waals surface area contributed by atoms with Crippen LogP contribution in [0.5, 0.6) is 5.75 Å². The van der Waals surface area contributed by atoms with Gasteiger partial charge in [-0.25, -0.2) is 0 Å². The summed E-state index contributed by atoms with van der Waals surface area (Å²) >= 11 is 0. The molecule has 23 heavy (non-hydrogen) atoms. The van der Waals surface area contributed by atoms with Gasteiger partial charge >= 0.3 is 0 Å². The number of carbonyl (C=O) groups is 1. The van der Waals surface area contributed by atoms with Crippen LogP contribution in [0.3, 0.4) is 0 Å². The molecular weight excluding hydrogens is 288 g/mol. The number of para-hydroxylation sites is 1. The van der Waals surface area contributed by atoms with Gasteiger partial charge in [0.1, 0.15) is 5.75 Å². The number of ether oxygens (including phenoxy) is 1. The summed E-state index contributed by atoms with van der Waals surface area (Å²) in [6, 6.07) is 11.6. The maximum Gasteiger partial charge on any atom is 0.168 e. The number of ketones is 1. The zero-order valence-corrected chi connectivity index (χ0v) is 13.4. The molecule has 4 nitrogen and oxygen atoms in total. The first-order chi connectivity index (χ1) is 11.2. The molecule has 2 heterocycles. The molecule has 1 fully saturated rings. The van der Waals surface area contributed by atoms with Crippen LogP contribution in [0.15, 0.2) is 54.4 Å². The quantitative estimate of drug-likeness (QED) is 0.818. The summed E-state index contributed by atoms with van der Waals surface area (Å²) in [5.41, 5.74) is 2.76. The van der Waals surface area contributed by atoms with Crippen LogP contribution < -0.4 is 4.74 Å². The first-order valence-corrected chi connectivity index (χ1v) is 7.65. The molecular formula is C19H20N2O2. The fourth-order valence-corrected chi connectivity index (χ4v) is 2.99. The summed E-state index contributed by atoms with van der Waals surface area (Å²) in [5, 5.41) is 0. The number of pyridine rings is 1. The molecule has 1 aromatic heterocycles. The molecule has 0 amide bonds. The SMILES string of the molecule is COc1ccccc1C=C1CN(C)CC(c2ccncc2)C1=O. The van der Waals surface area contributed by atoms with Gasteiger partial charge in [0.15, 0.2) is 5.78 Å². The fraction of sp³-hybridized carbons (Fsp3) is 0.263. The van der Waals surface area contributed by atoms with Gasteiger partial charge < -0.3 is 9.64 Å². The Labute approximate surface area is 136 Å². The molecule has 1 atom stereocenters. The smallest absolute Gasteiger partial charge is 0.168 e. The van der Waals surface area contributed by atoms with E-state index in [1.807, 2.05) is 49.5 Å². The third kappa shape index (κ3) is 3.32. The van der Waals surface area contributed by atoms with E-state index in [9.17, 15) is 4.79 Å². The Morgan fingerprint density at radius 2 is 1.96 bits per heavy atom. The predicted octanol–water partition coefficient (Wildman–Crippen LogP) is 2.77. The van der Waals surface area contributed by atoms with E-state index in [1.165, 1.54) is 0 Å². The topological polar surface area (TPSA) is 42.4 Å². The Kier molecular flexibility index (Phi) is 4.53. The normalized spacial score (nSPS) is 20.7. The van der Waals surface area contributed by atoms with E-state index >= 15 is 0 Å². The fourth-order valence-electron chi connectivity index (χ4n) is 2.99. The van der Waals surface area contributed by atoms with Crippen molar-refractivity contribution in [3.8, 4) is 5.75 Å². The number of hydrogen-bond donors (Lipinski definition) is 0. The number of piperidine rings is 1. The zero-order valence-electron chi connectivity index (χ0n) is 13.4. The Hall–Kier alpha value is -2.46. The van der Waals surface area contributed by atoms with Gasteiger partial charge in [-0.3, -0.25) is 9.78 Å². The van der Waals surface area contributed by atoms with Crippen molar-refractivity contribution in [3.05, 3.63) is 65.5 Å². The summed E-state index contributed by atoms with van der Waals surface area (Å²) in [5.74, 6) is 0.819. The molecule has 0 N–H and O–H groups in total. The minimum absolute atomic E-state index is 0.141. The highest BCUT2D eigenvalue weighted by Crippen LogP contribution is 2.28. The van der Waals surface area contributed by atoms with Gasteiger partial charge in [-0.2, -0.15) is 0 Å². The lowest BCUT2D eigenvalue weighted by atomic mass is 9.86. The molecule has 1 aromatic carbocycles. The number of aromatic nitrogens is 1. The molecule has 118 valence electrons. The van der Waals surface area contributed by atoms with Crippen molar-refractivity contribution >= 4 is 11.9 Å². The second kappa shape index (κ2) is 6.75. The Morgan fingerprint density at radius 1 is 1.22 bits per heavy atom. The van der Waals surface area contributed by atoms with Gasteiger partial charge in [-0.1, -0.05) is 18.2 Å². The summed E-state index contributed by atoms with van der Waals surface area (Å²) in [6.45, 7) is 1.38. The standard InChI is InChI=1S/C19H20N2O2/c1-21-12-16(11-15-5-3-4-6-18(15)23-2)19(22)17(13-21)14-7-9-20-10-8-14/h3-11,17H,12-13H2,1-2H3. The van der Waals surface area contributed by atoms with Crippen molar-refractivity contribution in [1.29, 1.82) is 0 Å². The molecule has 0 spiro atoms. The highest BCUT2D eigenvalue weighted by molar-refractivity contribution is 6.05. The summed E-state index contributed by atoms with van der Waals surface area (Å²) < 4.78 is 5.38. The first-order valence-electron chi connectivity index (χ1n) is 7.65. The minimum atomic E-state index is -0.141. The molecule has 0 saturated carbocycles. The van der Waals surface area contributed by atoms with E-state index in [2.05, 4.69) is 9.88 Å². The average Bonchev–Trinajstić information content (AvgIpc) is 2.59. The number of methoxy groups -OCH3 is 1. The van der Waals surface area contributed by atoms with Gasteiger partial charge in [0.25, 0.3) is 0 Å². The Balaban J connectivity index is 1.96. The van der Waals surface area contributed by atoms with Gasteiger partial charge in [-0.15, -0.1) is 0 Å². The lowest BCUT2D eigenvalue weighted by Gasteiger charge is -2.31. The molecule has 3 rings (SSSR count). The van der Waals surface area contributed by atoms with Crippen molar-refractivity contribution in [2.75, 3.05) is 27.2 Å². The maximum absolute atomic E-state index is 12.9. The first kappa shape index (κ1) is 15.4. The highest BCUT2D eigenvalue weighted by atomic mass is 16.5. The molecule has 1 aliphatic heterocycles. The molecule has 2 aromatic rings. The van der Waals surface area contributed by atoms with Gasteiger partial charge in [0.05, 0.1) is 13.0 Å². The van der Waals surface area contributed by atoms with E-state index in [4.69, 9.17) is 4.74 Å². The summed E-state index contributed by atoms with van der Waals surface area (Å²) in [6.07, 6.45) is 5.42. The van der Waals surface area contributed by atoms with Crippen molar-refractivity contribution < 1.29 is 9.53 Å². The number of benzene rings is 1. The van der Waals surface area contributed by atoms with Crippen molar-refractivity contribution in [2.24, 2.45) is 0 Å². The number of rotatable bonds is 3. The van der Waals surface area contributed by atoms with Crippen LogP contribution in [0, 0.1) is 0 Å². The number of Topliss-reactive ketones (excluding diaryl/α,β-unsaturated/α-hetero) is 1. The number of hydrogen-bond acceptors (Lipinski definition) is 4. The van der Waals surface area contributed by atoms with Crippen LogP contribution in [-0.2, 0) is 4.79 Å². The highest BCUT2D eigenvalue weighted by Gasteiger charge is 2.30. The molecule has 1 aliphatic rings. The van der Waals surface area contributed by atoms with E-state index in [0.717, 1.165) is 29.0 Å². The van der Waals surface area contributed by atoms with Crippen LogP contribution >= 0.6 is 0 Å². The van der Waals surface area contributed by atoms with Crippen LogP contribution in [0.2, 0.25) is 0 Å². The van der Waals surface area contributed by atoms with Crippen molar-refractivity contribution in [3.63, 3.8) is 0 Å². The number of likely N-dealkylation sites (N-methyl/N-ethyl adjacent to an activating group) is 1. The van der Waals surface area contributed by atoms with Gasteiger partial charge in [0, 0.05) is 36.6 Å². The van der Waals surface area contributed by atoms with Crippen LogP contribution in [0.25, 0.3) is 6.08 Å². The third-order valence-electron chi connectivity index (χ3n) is 4.14. The molecule has 1 unspecified atom stereocenters. The lowest BCUT2D eigenvalue weighted by Crippen LogP contribution is -2.38. The van der Waals surface area contributed by atoms with E-state index < -0.39 is 0 Å². The summed E-state index contributed by atoms with van der Waals surface area (Å²) in [7, 11) is 3.68. The monoisotopic (exact) mass is 308 g/mol. The summed E-state index contributed by atoms with van der Waals surface area (Å²) in [4.78, 5) is 19.1. The second-order valence-electron chi connectivity index (χ2n) is 5.81. The van der Waals surface area contributed by atoms with Crippen molar-refractivity contribution in [2.45, 2.75) is 5.92 Å². The van der Waals surface area contributed by atoms with Crippen LogP contribution in [-0.4, -0.2) is 42.9 Å². The Bertz CT molecular complexity index is 725. The number of likely N-dealkylation sites (tertiary alicyclic amines) is 1. The molecule has 0 radical (unpaired) electrons. The zero-order chi connectivity index (χ0) is 16.2. The predicted molar refractivity (Wildman–Crippen MR) is 90.5 cm³/mol. The lowest BCUT2D eigenvalue weighted by molar-refractivity contribution is -0.118. The third-order valence-corrected chi connectivity index (χ3v) is 4.14. The average molecular weight is 308 g/mol. The number of carbonyl (C=O) groups excluding carboxylic acids is 1. The minimum Gasteiger partial charge on any atom is -0.496 e. The molecule has 4 heteroatoms. The van der Waals surface area contributed by atoms with E-state index in [0.29, 0.717) is 6.54 Å². The maximum atomic E-state index is 12.9. The van der Waals surface area contributed by atoms with E-state index in [-0.39, 0.29) is 11.7 Å². The van der Waals surface area contributed by atoms with Crippen molar-refractivity contribution in [1.82, 2.24) is 9.88 Å². The van der Waals surface area contributed by atoms with Gasteiger partial charge in [0.2, 0.25) is 0 Å². The number of nitrogens with zero attached hydrogens (tertiary/aromatic N) is 2. The largest absolute Gasteiger partial charge is 0.496 e. The van der Waals surface area contributed by atoms with Crippen LogP contribution in [0.1, 0.15) is 17.0 Å².